The Morgan fingerprint density at radius 2 is 0.941 bits per heavy atom. The molecule has 4 rings (SSSR count). The Morgan fingerprint density at radius 3 is 1.29 bits per heavy atom. The first-order valence-corrected chi connectivity index (χ1v) is 23.3. The summed E-state index contributed by atoms with van der Waals surface area (Å²) in [7, 11) is 9.20. The zero-order valence-electron chi connectivity index (χ0n) is 39.4. The van der Waals surface area contributed by atoms with Crippen LogP contribution in [0.4, 0.5) is 0 Å². The molecule has 68 heavy (non-hydrogen) atoms. The molecule has 0 unspecified atom stereocenters. The third-order valence-electron chi connectivity index (χ3n) is 10.6. The molecule has 0 aliphatic carbocycles. The van der Waals surface area contributed by atoms with Crippen LogP contribution < -0.4 is 33.7 Å². The number of carbonyl (C=O) groups excluding carboxylic acids is 3. The molecule has 3 N–H and O–H groups in total. The summed E-state index contributed by atoms with van der Waals surface area (Å²) in [6.45, 7) is 0.691. The highest BCUT2D eigenvalue weighted by atomic mass is 127. The first-order valence-electron chi connectivity index (χ1n) is 21.7. The molecule has 0 radical (unpaired) electrons. The Balaban J connectivity index is 1.90. The maximum Gasteiger partial charge on any atom is 0.317 e. The third-order valence-corrected chi connectivity index (χ3v) is 11.3. The summed E-state index contributed by atoms with van der Waals surface area (Å²) >= 11 is 2.03. The molecular weight excluding hydrogens is 995 g/mol. The molecule has 0 aliphatic heterocycles. The highest BCUT2D eigenvalue weighted by Gasteiger charge is 2.23. The van der Waals surface area contributed by atoms with Crippen molar-refractivity contribution in [3.05, 3.63) is 71.3 Å². The van der Waals surface area contributed by atoms with Gasteiger partial charge in [-0.25, -0.2) is 0 Å². The van der Waals surface area contributed by atoms with Crippen molar-refractivity contribution in [2.45, 2.75) is 51.9 Å². The van der Waals surface area contributed by atoms with Gasteiger partial charge in [-0.2, -0.15) is 0 Å². The normalized spacial score (nSPS) is 11.1. The largest absolute Gasteiger partial charge is 0.496 e. The van der Waals surface area contributed by atoms with Gasteiger partial charge in [-0.05, 0) is 54.8 Å². The average molecular weight is 1060 g/mol. The number of methoxy groups -OCH3 is 6. The molecular formula is C48H61IN6O13. The molecule has 1 amide bonds. The number of aromatic nitrogens is 2. The van der Waals surface area contributed by atoms with Gasteiger partial charge in [0.1, 0.15) is 47.1 Å². The molecule has 0 fully saturated rings. The first-order chi connectivity index (χ1) is 32.8. The van der Waals surface area contributed by atoms with Gasteiger partial charge in [-0.3, -0.25) is 39.1 Å². The van der Waals surface area contributed by atoms with Gasteiger partial charge in [-0.15, -0.1) is 0 Å². The lowest BCUT2D eigenvalue weighted by molar-refractivity contribution is -0.142. The number of alkyl halides is 1. The molecule has 0 aliphatic rings. The molecule has 19 nitrogen and oxygen atoms in total. The van der Waals surface area contributed by atoms with Gasteiger partial charge in [0, 0.05) is 57.0 Å². The summed E-state index contributed by atoms with van der Waals surface area (Å²) in [5.41, 5.74) is 4.71. The van der Waals surface area contributed by atoms with Gasteiger partial charge in [0.05, 0.1) is 107 Å². The van der Waals surface area contributed by atoms with Crippen LogP contribution in [-0.4, -0.2) is 152 Å². The highest BCUT2D eigenvalue weighted by Crippen LogP contribution is 2.44. The van der Waals surface area contributed by atoms with Crippen LogP contribution in [0.5, 0.6) is 34.5 Å². The maximum absolute atomic E-state index is 11.9. The number of pyridine rings is 2. The molecule has 368 valence electrons. The van der Waals surface area contributed by atoms with E-state index < -0.39 is 25.0 Å². The molecule has 0 saturated carbocycles. The third kappa shape index (κ3) is 16.6. The molecule has 0 atom stereocenters. The number of hydrogen-bond acceptors (Lipinski definition) is 16. The van der Waals surface area contributed by atoms with Crippen molar-refractivity contribution in [3.63, 3.8) is 0 Å². The molecule has 2 aromatic heterocycles. The quantitative estimate of drug-likeness (QED) is 0.0249. The van der Waals surface area contributed by atoms with Gasteiger partial charge >= 0.3 is 11.9 Å². The fraction of sp³-hybridized carbons (Fsp3) is 0.438. The van der Waals surface area contributed by atoms with Crippen molar-refractivity contribution in [2.24, 2.45) is 0 Å². The van der Waals surface area contributed by atoms with Crippen LogP contribution in [0, 0.1) is 0 Å². The number of ether oxygens (including phenoxy) is 6. The molecule has 0 bridgehead atoms. The number of unbranched alkanes of at least 4 members (excludes halogenated alkanes) is 3. The fourth-order valence-electron chi connectivity index (χ4n) is 7.68. The lowest BCUT2D eigenvalue weighted by Gasteiger charge is -2.25. The molecule has 20 heteroatoms. The van der Waals surface area contributed by atoms with Crippen LogP contribution >= 0.6 is 22.6 Å². The number of aldehydes is 2. The van der Waals surface area contributed by atoms with E-state index in [1.165, 1.54) is 26.2 Å². The lowest BCUT2D eigenvalue weighted by Crippen LogP contribution is -2.34. The van der Waals surface area contributed by atoms with Crippen molar-refractivity contribution in [1.82, 2.24) is 30.0 Å². The number of carboxylic acid groups (broad SMARTS) is 2. The molecule has 0 spiro atoms. The Labute approximate surface area is 410 Å². The second kappa shape index (κ2) is 28.3. The summed E-state index contributed by atoms with van der Waals surface area (Å²) < 4.78 is 34.8. The van der Waals surface area contributed by atoms with Crippen LogP contribution in [0.3, 0.4) is 0 Å². The van der Waals surface area contributed by atoms with Gasteiger partial charge in [-0.1, -0.05) is 35.4 Å². The predicted octanol–water partition coefficient (Wildman–Crippen LogP) is 5.15. The molecule has 0 saturated heterocycles. The van der Waals surface area contributed by atoms with E-state index in [4.69, 9.17) is 38.4 Å². The van der Waals surface area contributed by atoms with Crippen molar-refractivity contribution >= 4 is 53.0 Å². The summed E-state index contributed by atoms with van der Waals surface area (Å²) in [6, 6.07) is 14.4. The zero-order chi connectivity index (χ0) is 49.6. The number of carbonyl (C=O) groups is 5. The first kappa shape index (κ1) is 54.5. The number of aliphatic carboxylic acids is 2. The second-order valence-electron chi connectivity index (χ2n) is 15.6. The predicted molar refractivity (Wildman–Crippen MR) is 261 cm³/mol. The van der Waals surface area contributed by atoms with Crippen molar-refractivity contribution in [3.8, 4) is 56.8 Å². The smallest absolute Gasteiger partial charge is 0.317 e. The Morgan fingerprint density at radius 1 is 0.559 bits per heavy atom. The van der Waals surface area contributed by atoms with E-state index in [0.29, 0.717) is 97.0 Å². The van der Waals surface area contributed by atoms with Crippen LogP contribution in [0.15, 0.2) is 48.5 Å². The van der Waals surface area contributed by atoms with Crippen molar-refractivity contribution in [1.29, 1.82) is 0 Å². The Kier molecular flexibility index (Phi) is 22.7. The molecule has 2 heterocycles. The number of benzene rings is 2. The lowest BCUT2D eigenvalue weighted by atomic mass is 10.0. The maximum atomic E-state index is 11.9. The minimum Gasteiger partial charge on any atom is -0.496 e. The SMILES string of the molecule is COc1cc(OC)c(-c2cc(CN(CC=O)CC=O)nc(CN(CCCCCCNC(=O)CI)Cc3cc(-c4c(OC)cc(OC)cc4OC)cc(CN(CC(=O)O)CC(=O)O)n3)c2)c(OC)c1. The highest BCUT2D eigenvalue weighted by molar-refractivity contribution is 14.1. The number of amides is 1. The number of halogens is 1. The van der Waals surface area contributed by atoms with E-state index >= 15 is 0 Å². The Hall–Kier alpha value is -6.10. The number of carboxylic acids is 2. The Bertz CT molecular complexity index is 2260. The van der Waals surface area contributed by atoms with E-state index in [0.717, 1.165) is 38.3 Å². The van der Waals surface area contributed by atoms with Gasteiger partial charge in [0.2, 0.25) is 5.91 Å². The van der Waals surface area contributed by atoms with E-state index in [9.17, 15) is 34.2 Å². The average Bonchev–Trinajstić information content (AvgIpc) is 3.31. The second-order valence-corrected chi connectivity index (χ2v) is 16.3. The van der Waals surface area contributed by atoms with Gasteiger partial charge < -0.3 is 53.5 Å². The number of nitrogens with one attached hydrogen (secondary N) is 1. The van der Waals surface area contributed by atoms with Crippen LogP contribution in [0.2, 0.25) is 0 Å². The van der Waals surface area contributed by atoms with E-state index in [2.05, 4.69) is 10.2 Å². The zero-order valence-corrected chi connectivity index (χ0v) is 41.5. The topological polar surface area (TPSA) is 229 Å². The monoisotopic (exact) mass is 1060 g/mol. The van der Waals surface area contributed by atoms with Gasteiger partial charge in [0.15, 0.2) is 0 Å². The minimum absolute atomic E-state index is 0.00744. The fourth-order valence-corrected chi connectivity index (χ4v) is 7.95. The molecule has 2 aromatic carbocycles. The van der Waals surface area contributed by atoms with Crippen LogP contribution in [-0.2, 0) is 50.2 Å². The standard InChI is InChI=1S/C48H61IN6O13/c1-63-38-21-40(65-3)47(41(22-38)66-4)32-17-34(26-53(13-15-56)14-16-57)51-35(18-32)27-54(12-10-8-7-9-11-50-44(58)25-49)28-36-19-33(48-42(67-5)23-39(64-2)24-43(48)68-6)20-37(52-36)29-55(30-45(59)60)31-46(61)62/h15-24H,7-14,25-31H2,1-6H3,(H,50,58)(H,59,60)(H,61,62). The van der Waals surface area contributed by atoms with Crippen LogP contribution in [0.1, 0.15) is 48.5 Å². The number of nitrogens with zero attached hydrogens (tertiary/aromatic N) is 5. The summed E-state index contributed by atoms with van der Waals surface area (Å²) in [5.74, 6) is 0.426. The van der Waals surface area contributed by atoms with E-state index in [1.807, 2.05) is 40.8 Å². The summed E-state index contributed by atoms with van der Waals surface area (Å²) in [6.07, 6.45) is 4.75. The minimum atomic E-state index is -1.20. The van der Waals surface area contributed by atoms with E-state index in [-0.39, 0.29) is 45.2 Å². The number of hydrogen-bond donors (Lipinski definition) is 3. The van der Waals surface area contributed by atoms with Crippen molar-refractivity contribution in [2.75, 3.05) is 86.4 Å². The van der Waals surface area contributed by atoms with E-state index in [1.54, 1.807) is 56.6 Å². The summed E-state index contributed by atoms with van der Waals surface area (Å²) in [4.78, 5) is 74.2. The summed E-state index contributed by atoms with van der Waals surface area (Å²) in [5, 5.41) is 22.3. The van der Waals surface area contributed by atoms with Crippen molar-refractivity contribution < 1.29 is 62.6 Å². The molecule has 4 aromatic rings. The number of rotatable bonds is 32. The van der Waals surface area contributed by atoms with Crippen LogP contribution in [0.25, 0.3) is 22.3 Å². The van der Waals surface area contributed by atoms with Gasteiger partial charge in [0.25, 0.3) is 0 Å².